The van der Waals surface area contributed by atoms with E-state index in [0.717, 1.165) is 0 Å². The fraction of sp³-hybridized carbons (Fsp3) is 0.571. The molecule has 0 aliphatic heterocycles. The van der Waals surface area contributed by atoms with Gasteiger partial charge in [-0.15, -0.1) is 5.10 Å². The van der Waals surface area contributed by atoms with Gasteiger partial charge in [-0.2, -0.15) is 5.26 Å². The summed E-state index contributed by atoms with van der Waals surface area (Å²) in [7, 11) is 0. The van der Waals surface area contributed by atoms with Crippen LogP contribution in [-0.2, 0) is 10.9 Å². The van der Waals surface area contributed by atoms with E-state index in [0.29, 0.717) is 6.54 Å². The Bertz CT molecular complexity index is 427. The van der Waals surface area contributed by atoms with Crippen molar-refractivity contribution in [3.05, 3.63) is 11.4 Å². The lowest BCUT2D eigenvalue weighted by Crippen LogP contribution is -2.29. The standard InChI is InChI=1S/C7H5Cl5N4/c1-2-16-4(3-13)5(14-15-16)6(8,9)7(10,11)12/h2H2,1H3. The Kier molecular flexibility index (Phi) is 4.20. The fourth-order valence-electron chi connectivity index (χ4n) is 0.991. The highest BCUT2D eigenvalue weighted by atomic mass is 35.6. The number of rotatable bonds is 2. The van der Waals surface area contributed by atoms with Crippen molar-refractivity contribution < 1.29 is 0 Å². The molecule has 0 unspecified atom stereocenters. The van der Waals surface area contributed by atoms with Gasteiger partial charge in [-0.3, -0.25) is 0 Å². The van der Waals surface area contributed by atoms with Gasteiger partial charge in [-0.05, 0) is 6.92 Å². The fourth-order valence-corrected chi connectivity index (χ4v) is 1.51. The molecule has 0 spiro atoms. The van der Waals surface area contributed by atoms with E-state index < -0.39 is 8.13 Å². The summed E-state index contributed by atoms with van der Waals surface area (Å²) < 4.78 is -2.64. The van der Waals surface area contributed by atoms with Crippen molar-refractivity contribution in [3.8, 4) is 6.07 Å². The second-order valence-corrected chi connectivity index (χ2v) is 6.39. The van der Waals surface area contributed by atoms with Crippen LogP contribution in [0.4, 0.5) is 0 Å². The van der Waals surface area contributed by atoms with Gasteiger partial charge >= 0.3 is 0 Å². The summed E-state index contributed by atoms with van der Waals surface area (Å²) in [6.45, 7) is 2.21. The van der Waals surface area contributed by atoms with Crippen LogP contribution in [0.1, 0.15) is 18.3 Å². The SMILES string of the molecule is CCn1nnc(C(Cl)(Cl)C(Cl)(Cl)Cl)c1C#N. The third-order valence-corrected chi connectivity index (χ3v) is 4.15. The van der Waals surface area contributed by atoms with E-state index in [1.165, 1.54) is 4.68 Å². The van der Waals surface area contributed by atoms with Crippen LogP contribution in [-0.4, -0.2) is 18.8 Å². The summed E-state index contributed by atoms with van der Waals surface area (Å²) in [5, 5.41) is 16.3. The van der Waals surface area contributed by atoms with Gasteiger partial charge in [0, 0.05) is 6.54 Å². The van der Waals surface area contributed by atoms with Crippen LogP contribution < -0.4 is 0 Å². The quantitative estimate of drug-likeness (QED) is 0.786. The van der Waals surface area contributed by atoms with E-state index in [-0.39, 0.29) is 11.4 Å². The minimum absolute atomic E-state index is 0.0684. The summed E-state index contributed by atoms with van der Waals surface area (Å²) in [4.78, 5) is 0. The van der Waals surface area contributed by atoms with E-state index in [1.807, 2.05) is 6.07 Å². The van der Waals surface area contributed by atoms with E-state index in [1.54, 1.807) is 6.92 Å². The highest BCUT2D eigenvalue weighted by Gasteiger charge is 2.51. The maximum Gasteiger partial charge on any atom is 0.228 e. The number of aryl methyl sites for hydroxylation is 1. The van der Waals surface area contributed by atoms with Crippen LogP contribution in [0.15, 0.2) is 0 Å². The molecule has 0 atom stereocenters. The molecule has 0 aromatic carbocycles. The Hall–Kier alpha value is 0.0800. The molecule has 0 aliphatic carbocycles. The van der Waals surface area contributed by atoms with Crippen LogP contribution in [0.5, 0.6) is 0 Å². The third kappa shape index (κ3) is 2.34. The first-order chi connectivity index (χ1) is 7.25. The third-order valence-electron chi connectivity index (χ3n) is 1.79. The van der Waals surface area contributed by atoms with Crippen molar-refractivity contribution in [3.63, 3.8) is 0 Å². The Morgan fingerprint density at radius 2 is 1.88 bits per heavy atom. The van der Waals surface area contributed by atoms with Crippen molar-refractivity contribution in [2.45, 2.75) is 21.6 Å². The minimum Gasteiger partial charge on any atom is -0.235 e. The lowest BCUT2D eigenvalue weighted by molar-refractivity contribution is 0.620. The molecule has 4 nitrogen and oxygen atoms in total. The largest absolute Gasteiger partial charge is 0.235 e. The number of hydrogen-bond donors (Lipinski definition) is 0. The molecule has 0 saturated carbocycles. The second kappa shape index (κ2) is 4.75. The highest BCUT2D eigenvalue weighted by Crippen LogP contribution is 2.52. The molecular formula is C7H5Cl5N4. The molecule has 0 bridgehead atoms. The Morgan fingerprint density at radius 1 is 1.31 bits per heavy atom. The first-order valence-electron chi connectivity index (χ1n) is 4.04. The summed E-state index contributed by atoms with van der Waals surface area (Å²) in [5.74, 6) is 0. The van der Waals surface area contributed by atoms with E-state index in [9.17, 15) is 0 Å². The summed E-state index contributed by atoms with van der Waals surface area (Å²) in [5.41, 5.74) is -0.000918. The maximum absolute atomic E-state index is 8.95. The van der Waals surface area contributed by atoms with Gasteiger partial charge in [0.2, 0.25) is 8.13 Å². The zero-order valence-electron chi connectivity index (χ0n) is 7.89. The Labute approximate surface area is 117 Å². The van der Waals surface area contributed by atoms with Gasteiger partial charge in [0.05, 0.1) is 0 Å². The molecule has 0 N–H and O–H groups in total. The number of alkyl halides is 5. The van der Waals surface area contributed by atoms with Gasteiger partial charge in [0.15, 0.2) is 5.69 Å². The summed E-state index contributed by atoms with van der Waals surface area (Å²) >= 11 is 28.7. The molecule has 0 amide bonds. The molecule has 88 valence electrons. The monoisotopic (exact) mass is 320 g/mol. The van der Waals surface area contributed by atoms with Crippen LogP contribution in [0.3, 0.4) is 0 Å². The maximum atomic E-state index is 8.95. The van der Waals surface area contributed by atoms with E-state index in [4.69, 9.17) is 63.3 Å². The average molecular weight is 322 g/mol. The first-order valence-corrected chi connectivity index (χ1v) is 5.93. The molecule has 1 aromatic heterocycles. The van der Waals surface area contributed by atoms with Crippen molar-refractivity contribution in [1.82, 2.24) is 15.0 Å². The van der Waals surface area contributed by atoms with Gasteiger partial charge in [-0.1, -0.05) is 63.2 Å². The normalized spacial score (nSPS) is 12.6. The number of nitrogens with zero attached hydrogens (tertiary/aromatic N) is 4. The van der Waals surface area contributed by atoms with Crippen LogP contribution in [0.2, 0.25) is 0 Å². The topological polar surface area (TPSA) is 54.5 Å². The van der Waals surface area contributed by atoms with Gasteiger partial charge in [0.1, 0.15) is 11.8 Å². The Morgan fingerprint density at radius 3 is 2.25 bits per heavy atom. The molecule has 0 radical (unpaired) electrons. The highest BCUT2D eigenvalue weighted by molar-refractivity contribution is 6.75. The molecule has 1 heterocycles. The van der Waals surface area contributed by atoms with Crippen LogP contribution in [0.25, 0.3) is 0 Å². The zero-order chi connectivity index (χ0) is 12.6. The molecule has 0 saturated heterocycles. The molecule has 1 rings (SSSR count). The number of nitriles is 1. The molecule has 9 heteroatoms. The summed E-state index contributed by atoms with van der Waals surface area (Å²) in [6, 6.07) is 1.87. The van der Waals surface area contributed by atoms with E-state index >= 15 is 0 Å². The second-order valence-electron chi connectivity index (χ2n) is 2.79. The molecule has 16 heavy (non-hydrogen) atoms. The first kappa shape index (κ1) is 14.1. The van der Waals surface area contributed by atoms with Gasteiger partial charge in [-0.25, -0.2) is 4.68 Å². The van der Waals surface area contributed by atoms with Crippen molar-refractivity contribution in [2.75, 3.05) is 0 Å². The van der Waals surface area contributed by atoms with Crippen molar-refractivity contribution >= 4 is 58.0 Å². The van der Waals surface area contributed by atoms with Gasteiger partial charge < -0.3 is 0 Å². The molecule has 0 fully saturated rings. The lowest BCUT2D eigenvalue weighted by atomic mass is 10.2. The van der Waals surface area contributed by atoms with Crippen molar-refractivity contribution in [1.29, 1.82) is 5.26 Å². The zero-order valence-corrected chi connectivity index (χ0v) is 11.7. The molecular weight excluding hydrogens is 317 g/mol. The molecule has 1 aromatic rings. The molecule has 0 aliphatic rings. The average Bonchev–Trinajstić information content (AvgIpc) is 2.58. The van der Waals surface area contributed by atoms with Crippen LogP contribution in [0, 0.1) is 11.3 Å². The Balaban J connectivity index is 3.35. The lowest BCUT2D eigenvalue weighted by Gasteiger charge is -2.25. The van der Waals surface area contributed by atoms with E-state index in [2.05, 4.69) is 10.3 Å². The van der Waals surface area contributed by atoms with Crippen molar-refractivity contribution in [2.24, 2.45) is 0 Å². The number of aromatic nitrogens is 3. The van der Waals surface area contributed by atoms with Gasteiger partial charge in [0.25, 0.3) is 0 Å². The number of halogens is 5. The summed E-state index contributed by atoms with van der Waals surface area (Å²) in [6.07, 6.45) is 0. The smallest absolute Gasteiger partial charge is 0.228 e. The van der Waals surface area contributed by atoms with Crippen LogP contribution >= 0.6 is 58.0 Å². The minimum atomic E-state index is -2.02. The predicted octanol–water partition coefficient (Wildman–Crippen LogP) is 3.17. The number of hydrogen-bond acceptors (Lipinski definition) is 3. The predicted molar refractivity (Wildman–Crippen MR) is 64.1 cm³/mol.